The number of halogens is 8. The quantitative estimate of drug-likeness (QED) is 0.227. The monoisotopic (exact) mass is 438 g/mol. The fourth-order valence-corrected chi connectivity index (χ4v) is 3.16. The van der Waals surface area contributed by atoms with Crippen LogP contribution in [0.5, 0.6) is 0 Å². The maximum Gasteiger partial charge on any atom is 0.446 e. The number of alkyl halides is 6. The summed E-state index contributed by atoms with van der Waals surface area (Å²) in [6.45, 7) is 0. The Balaban J connectivity index is 2.68. The Morgan fingerprint density at radius 3 is 2.12 bits per heavy atom. The normalized spacial score (nSPS) is 12.9. The third kappa shape index (κ3) is 4.30. The number of aromatic nitrogens is 2. The summed E-state index contributed by atoms with van der Waals surface area (Å²) in [6, 6.07) is 1.06. The van der Waals surface area contributed by atoms with Gasteiger partial charge in [-0.15, -0.1) is 0 Å². The Labute approximate surface area is 155 Å². The molecule has 2 rings (SSSR count). The van der Waals surface area contributed by atoms with Crippen molar-refractivity contribution in [2.24, 2.45) is 5.16 Å². The minimum Gasteiger partial charge on any atom is -0.411 e. The molecule has 142 valence electrons. The average molecular weight is 439 g/mol. The molecule has 0 saturated carbocycles. The Kier molecular flexibility index (Phi) is 5.59. The van der Waals surface area contributed by atoms with Crippen LogP contribution in [0.1, 0.15) is 11.3 Å². The summed E-state index contributed by atoms with van der Waals surface area (Å²) < 4.78 is 77.0. The molecule has 0 amide bonds. The van der Waals surface area contributed by atoms with Crippen LogP contribution >= 0.6 is 35.0 Å². The molecule has 3 N–H and O–H groups in total. The number of nitrogens with two attached hydrogens (primary N) is 1. The molecule has 1 aromatic heterocycles. The molecule has 0 saturated heterocycles. The Hall–Kier alpha value is -1.79. The summed E-state index contributed by atoms with van der Waals surface area (Å²) in [5.74, 6) is -0.606. The van der Waals surface area contributed by atoms with Gasteiger partial charge in [0.15, 0.2) is 0 Å². The van der Waals surface area contributed by atoms with Gasteiger partial charge in [-0.2, -0.15) is 31.4 Å². The lowest BCUT2D eigenvalue weighted by Gasteiger charge is -2.13. The second-order valence-corrected chi connectivity index (χ2v) is 6.48. The summed E-state index contributed by atoms with van der Waals surface area (Å²) in [7, 11) is 0. The van der Waals surface area contributed by atoms with Gasteiger partial charge in [0.05, 0.1) is 26.7 Å². The van der Waals surface area contributed by atoms with E-state index in [0.717, 1.165) is 0 Å². The number of nitrogens with zero attached hydrogens (tertiary/aromatic N) is 3. The van der Waals surface area contributed by atoms with Crippen LogP contribution in [0.3, 0.4) is 0 Å². The van der Waals surface area contributed by atoms with E-state index in [1.165, 1.54) is 0 Å². The Morgan fingerprint density at radius 2 is 1.69 bits per heavy atom. The maximum atomic E-state index is 12.8. The molecule has 0 radical (unpaired) electrons. The Bertz CT molecular complexity index is 842. The third-order valence-electron chi connectivity index (χ3n) is 2.86. The molecule has 0 spiro atoms. The molecule has 0 aliphatic carbocycles. The van der Waals surface area contributed by atoms with E-state index in [9.17, 15) is 26.3 Å². The minimum absolute atomic E-state index is 0.361. The van der Waals surface area contributed by atoms with Crippen molar-refractivity contribution in [3.63, 3.8) is 0 Å². The zero-order valence-corrected chi connectivity index (χ0v) is 14.4. The lowest BCUT2D eigenvalue weighted by atomic mass is 10.2. The summed E-state index contributed by atoms with van der Waals surface area (Å²) in [4.78, 5) is -0.637. The van der Waals surface area contributed by atoms with E-state index >= 15 is 0 Å². The highest BCUT2D eigenvalue weighted by Gasteiger charge is 2.35. The molecule has 0 fully saturated rings. The zero-order valence-electron chi connectivity index (χ0n) is 12.0. The van der Waals surface area contributed by atoms with Crippen molar-refractivity contribution in [3.05, 3.63) is 33.4 Å². The van der Waals surface area contributed by atoms with Crippen molar-refractivity contribution in [1.29, 1.82) is 0 Å². The number of hydrogen-bond donors (Lipinski definition) is 2. The van der Waals surface area contributed by atoms with Crippen LogP contribution in [-0.2, 0) is 6.18 Å². The van der Waals surface area contributed by atoms with Gasteiger partial charge >= 0.3 is 11.7 Å². The van der Waals surface area contributed by atoms with E-state index in [4.69, 9.17) is 34.1 Å². The van der Waals surface area contributed by atoms with Crippen LogP contribution in [0.15, 0.2) is 22.2 Å². The van der Waals surface area contributed by atoms with Crippen LogP contribution in [0.4, 0.5) is 32.2 Å². The highest BCUT2D eigenvalue weighted by atomic mass is 35.5. The number of oxime groups is 1. The lowest BCUT2D eigenvalue weighted by Crippen LogP contribution is -2.09. The standard InChI is InChI=1S/C12H6Cl2F6N4OS/c13-5-1-4(11(15,16)17)2-6(14)8(5)24-10(21)9(26-12(18,19)20)7(23-24)3-22-25/h1-3,25H,21H2/b22-3+. The number of benzene rings is 1. The van der Waals surface area contributed by atoms with Crippen molar-refractivity contribution >= 4 is 47.0 Å². The summed E-state index contributed by atoms with van der Waals surface area (Å²) in [5, 5.41) is 13.7. The van der Waals surface area contributed by atoms with E-state index in [0.29, 0.717) is 23.0 Å². The number of hydrogen-bond acceptors (Lipinski definition) is 5. The highest BCUT2D eigenvalue weighted by Crippen LogP contribution is 2.44. The fraction of sp³-hybridized carbons (Fsp3) is 0.167. The van der Waals surface area contributed by atoms with E-state index in [1.54, 1.807) is 0 Å². The first-order valence-electron chi connectivity index (χ1n) is 6.23. The largest absolute Gasteiger partial charge is 0.446 e. The highest BCUT2D eigenvalue weighted by molar-refractivity contribution is 8.00. The number of anilines is 1. The molecule has 1 aromatic carbocycles. The topological polar surface area (TPSA) is 76.4 Å². The van der Waals surface area contributed by atoms with Crippen molar-refractivity contribution in [3.8, 4) is 5.69 Å². The van der Waals surface area contributed by atoms with Crippen LogP contribution in [0.2, 0.25) is 10.0 Å². The zero-order chi connectivity index (χ0) is 19.9. The number of rotatable bonds is 3. The van der Waals surface area contributed by atoms with Gasteiger partial charge in [0.1, 0.15) is 17.2 Å². The predicted octanol–water partition coefficient (Wildman–Crippen LogP) is 5.20. The SMILES string of the molecule is Nc1c(SC(F)(F)F)c(/C=N/O)nn1-c1c(Cl)cc(C(F)(F)F)cc1Cl. The second-order valence-electron chi connectivity index (χ2n) is 4.59. The minimum atomic E-state index is -4.76. The van der Waals surface area contributed by atoms with Gasteiger partial charge in [0, 0.05) is 0 Å². The average Bonchev–Trinajstić information content (AvgIpc) is 2.74. The van der Waals surface area contributed by atoms with E-state index in [2.05, 4.69) is 10.3 Å². The molecule has 0 unspecified atom stereocenters. The van der Waals surface area contributed by atoms with Crippen molar-refractivity contribution in [2.45, 2.75) is 16.6 Å². The summed E-state index contributed by atoms with van der Waals surface area (Å²) >= 11 is 11.0. The van der Waals surface area contributed by atoms with Gasteiger partial charge in [-0.1, -0.05) is 28.4 Å². The van der Waals surface area contributed by atoms with E-state index < -0.39 is 55.5 Å². The van der Waals surface area contributed by atoms with Gasteiger partial charge in [-0.25, -0.2) is 4.68 Å². The van der Waals surface area contributed by atoms with Crippen LogP contribution in [0.25, 0.3) is 5.69 Å². The first kappa shape index (κ1) is 20.5. The molecule has 0 aliphatic rings. The molecule has 2 aromatic rings. The molecule has 26 heavy (non-hydrogen) atoms. The number of thioether (sulfide) groups is 1. The molecule has 14 heteroatoms. The molecule has 1 heterocycles. The third-order valence-corrected chi connectivity index (χ3v) is 4.29. The van der Waals surface area contributed by atoms with Crippen LogP contribution in [-0.4, -0.2) is 26.7 Å². The van der Waals surface area contributed by atoms with E-state index in [1.807, 2.05) is 0 Å². The second kappa shape index (κ2) is 7.08. The van der Waals surface area contributed by atoms with Gasteiger partial charge in [0.25, 0.3) is 0 Å². The molecular formula is C12H6Cl2F6N4OS. The van der Waals surface area contributed by atoms with Gasteiger partial charge in [0.2, 0.25) is 0 Å². The van der Waals surface area contributed by atoms with Gasteiger partial charge < -0.3 is 10.9 Å². The van der Waals surface area contributed by atoms with Crippen molar-refractivity contribution in [1.82, 2.24) is 9.78 Å². The predicted molar refractivity (Wildman–Crippen MR) is 84.3 cm³/mol. The van der Waals surface area contributed by atoms with Gasteiger partial charge in [-0.3, -0.25) is 0 Å². The maximum absolute atomic E-state index is 12.8. The molecule has 0 atom stereocenters. The van der Waals surface area contributed by atoms with Crippen molar-refractivity contribution < 1.29 is 31.5 Å². The summed E-state index contributed by atoms with van der Waals surface area (Å²) in [6.07, 6.45) is -4.17. The first-order valence-corrected chi connectivity index (χ1v) is 7.80. The number of nitrogen functional groups attached to an aromatic ring is 1. The Morgan fingerprint density at radius 1 is 1.15 bits per heavy atom. The smallest absolute Gasteiger partial charge is 0.411 e. The fourth-order valence-electron chi connectivity index (χ4n) is 1.90. The van der Waals surface area contributed by atoms with E-state index in [-0.39, 0.29) is 5.69 Å². The van der Waals surface area contributed by atoms with Crippen LogP contribution < -0.4 is 5.73 Å². The van der Waals surface area contributed by atoms with Crippen LogP contribution in [0, 0.1) is 0 Å². The van der Waals surface area contributed by atoms with Gasteiger partial charge in [-0.05, 0) is 23.9 Å². The molecular weight excluding hydrogens is 433 g/mol. The molecule has 0 bridgehead atoms. The molecule has 5 nitrogen and oxygen atoms in total. The van der Waals surface area contributed by atoms with Crippen molar-refractivity contribution in [2.75, 3.05) is 5.73 Å². The molecule has 0 aliphatic heterocycles. The first-order chi connectivity index (χ1) is 11.8. The lowest BCUT2D eigenvalue weighted by molar-refractivity contribution is -0.137. The summed E-state index contributed by atoms with van der Waals surface area (Å²) in [5.41, 5.74) is -1.13.